The minimum absolute atomic E-state index is 0.0200. The lowest BCUT2D eigenvalue weighted by molar-refractivity contribution is -0.0456. The van der Waals surface area contributed by atoms with Crippen LogP contribution in [0.25, 0.3) is 4.91 Å². The molecular weight excluding hydrogens is 516 g/mol. The quantitative estimate of drug-likeness (QED) is 0.562. The van der Waals surface area contributed by atoms with Gasteiger partial charge >= 0.3 is 6.03 Å². The number of hydrogen-bond acceptors (Lipinski definition) is 8. The van der Waals surface area contributed by atoms with E-state index in [0.29, 0.717) is 30.2 Å². The number of urea groups is 1. The van der Waals surface area contributed by atoms with Gasteiger partial charge in [-0.3, -0.25) is 9.63 Å². The highest BCUT2D eigenvalue weighted by Gasteiger charge is 2.22. The van der Waals surface area contributed by atoms with Crippen LogP contribution in [0.5, 0.6) is 0 Å². The predicted molar refractivity (Wildman–Crippen MR) is 154 cm³/mol. The highest BCUT2D eigenvalue weighted by Crippen LogP contribution is 2.39. The normalized spacial score (nSPS) is 18.4. The molecule has 10 nitrogen and oxygen atoms in total. The van der Waals surface area contributed by atoms with Crippen molar-refractivity contribution in [3.63, 3.8) is 0 Å². The highest BCUT2D eigenvalue weighted by atomic mass is 32.2. The maximum atomic E-state index is 12.7. The molecule has 3 heterocycles. The molecular formula is C28H34N6O4S. The van der Waals surface area contributed by atoms with Crippen LogP contribution in [-0.2, 0) is 9.57 Å². The lowest BCUT2D eigenvalue weighted by Crippen LogP contribution is -2.47. The van der Waals surface area contributed by atoms with Gasteiger partial charge in [-0.15, -0.1) is 0 Å². The average molecular weight is 551 g/mol. The number of nitrogens with one attached hydrogen (secondary N) is 2. The number of carbonyl (C=O) groups excluding carboxylic acids is 2. The van der Waals surface area contributed by atoms with Gasteiger partial charge in [-0.1, -0.05) is 23.9 Å². The Labute approximate surface area is 233 Å². The van der Waals surface area contributed by atoms with Gasteiger partial charge in [0.15, 0.2) is 0 Å². The summed E-state index contributed by atoms with van der Waals surface area (Å²) in [5, 5.41) is 8.52. The SMILES string of the molecule is CON1C=C(c2ccc(NC(=O)Nc3ccc(C(=O)N4CCN(C)CC4)cc3)cc2)SC(N2CCOCC2)=C1. The van der Waals surface area contributed by atoms with Crippen LogP contribution in [0.3, 0.4) is 0 Å². The standard InChI is InChI=1S/C28H34N6O4S/c1-31-11-13-33(14-12-31)27(35)22-5-9-24(10-6-22)30-28(36)29-23-7-3-21(4-8-23)25-19-34(37-2)20-26(39-25)32-15-17-38-18-16-32/h3-10,19-20H,11-18H2,1-2H3,(H2,29,30,36). The molecule has 0 aromatic heterocycles. The second kappa shape index (κ2) is 12.6. The number of hydrogen-bond donors (Lipinski definition) is 2. The molecule has 0 bridgehead atoms. The van der Waals surface area contributed by atoms with Crippen LogP contribution in [-0.4, -0.2) is 98.3 Å². The fraction of sp³-hybridized carbons (Fsp3) is 0.357. The number of piperazine rings is 1. The zero-order valence-corrected chi connectivity index (χ0v) is 23.1. The van der Waals surface area contributed by atoms with Gasteiger partial charge in [0.05, 0.1) is 31.6 Å². The average Bonchev–Trinajstić information content (AvgIpc) is 2.98. The lowest BCUT2D eigenvalue weighted by Gasteiger charge is -2.33. The maximum Gasteiger partial charge on any atom is 0.323 e. The van der Waals surface area contributed by atoms with Crippen molar-refractivity contribution in [2.45, 2.75) is 0 Å². The number of ether oxygens (including phenoxy) is 1. The van der Waals surface area contributed by atoms with E-state index in [1.807, 2.05) is 41.6 Å². The summed E-state index contributed by atoms with van der Waals surface area (Å²) in [6, 6.07) is 14.4. The molecule has 5 rings (SSSR count). The lowest BCUT2D eigenvalue weighted by atomic mass is 10.1. The second-order valence-electron chi connectivity index (χ2n) is 9.53. The summed E-state index contributed by atoms with van der Waals surface area (Å²) in [4.78, 5) is 38.2. The topological polar surface area (TPSA) is 89.6 Å². The Morgan fingerprint density at radius 3 is 2.08 bits per heavy atom. The maximum absolute atomic E-state index is 12.7. The molecule has 3 amide bonds. The number of morpholine rings is 1. The van der Waals surface area contributed by atoms with Gasteiger partial charge in [0.25, 0.3) is 5.91 Å². The fourth-order valence-corrected chi connectivity index (χ4v) is 5.60. The Morgan fingerprint density at radius 1 is 0.846 bits per heavy atom. The summed E-state index contributed by atoms with van der Waals surface area (Å²) in [6.45, 7) is 6.32. The van der Waals surface area contributed by atoms with E-state index in [1.165, 1.54) is 0 Å². The summed E-state index contributed by atoms with van der Waals surface area (Å²) in [7, 11) is 3.70. The predicted octanol–water partition coefficient (Wildman–Crippen LogP) is 3.76. The Balaban J connectivity index is 1.15. The summed E-state index contributed by atoms with van der Waals surface area (Å²) in [5.41, 5.74) is 2.93. The Bertz CT molecular complexity index is 1220. The molecule has 2 saturated heterocycles. The van der Waals surface area contributed by atoms with Crippen LogP contribution in [0.1, 0.15) is 15.9 Å². The molecule has 0 radical (unpaired) electrons. The first kappa shape index (κ1) is 27.1. The van der Waals surface area contributed by atoms with E-state index < -0.39 is 0 Å². The van der Waals surface area contributed by atoms with Gasteiger partial charge in [-0.2, -0.15) is 0 Å². The van der Waals surface area contributed by atoms with Gasteiger partial charge in [-0.25, -0.2) is 9.86 Å². The van der Waals surface area contributed by atoms with E-state index in [4.69, 9.17) is 9.57 Å². The molecule has 0 atom stereocenters. The number of benzene rings is 2. The first-order chi connectivity index (χ1) is 19.0. The third-order valence-electron chi connectivity index (χ3n) is 6.84. The van der Waals surface area contributed by atoms with Crippen LogP contribution in [0.4, 0.5) is 16.2 Å². The van der Waals surface area contributed by atoms with Gasteiger partial charge < -0.3 is 30.1 Å². The number of likely N-dealkylation sites (N-methyl/N-ethyl adjacent to an activating group) is 1. The second-order valence-corrected chi connectivity index (χ2v) is 10.6. The van der Waals surface area contributed by atoms with Crippen LogP contribution in [0.15, 0.2) is 66.0 Å². The molecule has 0 spiro atoms. The number of rotatable bonds is 6. The molecule has 3 aliphatic heterocycles. The van der Waals surface area contributed by atoms with E-state index in [9.17, 15) is 9.59 Å². The summed E-state index contributed by atoms with van der Waals surface area (Å²) in [5.74, 6) is 0.0200. The summed E-state index contributed by atoms with van der Waals surface area (Å²) < 4.78 is 5.48. The van der Waals surface area contributed by atoms with Crippen LogP contribution < -0.4 is 10.6 Å². The Kier molecular flexibility index (Phi) is 8.72. The van der Waals surface area contributed by atoms with Crippen molar-refractivity contribution in [2.24, 2.45) is 0 Å². The number of thioether (sulfide) groups is 1. The van der Waals surface area contributed by atoms with Crippen molar-refractivity contribution in [3.8, 4) is 0 Å². The molecule has 11 heteroatoms. The van der Waals surface area contributed by atoms with Crippen molar-refractivity contribution >= 4 is 40.0 Å². The van der Waals surface area contributed by atoms with E-state index in [-0.39, 0.29) is 11.9 Å². The van der Waals surface area contributed by atoms with Crippen LogP contribution in [0, 0.1) is 0 Å². The Morgan fingerprint density at radius 2 is 1.46 bits per heavy atom. The fourth-order valence-electron chi connectivity index (χ4n) is 4.50. The molecule has 2 fully saturated rings. The smallest absolute Gasteiger partial charge is 0.323 e. The number of anilines is 2. The summed E-state index contributed by atoms with van der Waals surface area (Å²) in [6.07, 6.45) is 3.93. The zero-order valence-electron chi connectivity index (χ0n) is 22.3. The molecule has 206 valence electrons. The Hall–Kier alpha value is -3.51. The number of hydroxylamine groups is 2. The van der Waals surface area contributed by atoms with Gasteiger partial charge in [0, 0.05) is 67.3 Å². The molecule has 0 unspecified atom stereocenters. The molecule has 2 aromatic rings. The number of nitrogens with zero attached hydrogens (tertiary/aromatic N) is 4. The minimum Gasteiger partial charge on any atom is -0.378 e. The van der Waals surface area contributed by atoms with Crippen molar-refractivity contribution in [1.29, 1.82) is 0 Å². The van der Waals surface area contributed by atoms with Crippen LogP contribution >= 0.6 is 11.8 Å². The largest absolute Gasteiger partial charge is 0.378 e. The van der Waals surface area contributed by atoms with Gasteiger partial charge in [-0.05, 0) is 49.0 Å². The summed E-state index contributed by atoms with van der Waals surface area (Å²) >= 11 is 1.69. The first-order valence-corrected chi connectivity index (χ1v) is 13.8. The molecule has 3 aliphatic rings. The molecule has 2 aromatic carbocycles. The highest BCUT2D eigenvalue weighted by molar-refractivity contribution is 8.11. The van der Waals surface area contributed by atoms with E-state index in [1.54, 1.807) is 48.2 Å². The van der Waals surface area contributed by atoms with E-state index >= 15 is 0 Å². The molecule has 0 aliphatic carbocycles. The minimum atomic E-state index is -0.352. The number of carbonyl (C=O) groups is 2. The van der Waals surface area contributed by atoms with E-state index in [2.05, 4.69) is 27.5 Å². The van der Waals surface area contributed by atoms with Crippen LogP contribution in [0.2, 0.25) is 0 Å². The molecule has 2 N–H and O–H groups in total. The monoisotopic (exact) mass is 550 g/mol. The van der Waals surface area contributed by atoms with Crippen molar-refractivity contribution in [3.05, 3.63) is 77.1 Å². The van der Waals surface area contributed by atoms with Crippen molar-refractivity contribution < 1.29 is 19.2 Å². The van der Waals surface area contributed by atoms with Gasteiger partial charge in [0.1, 0.15) is 0 Å². The zero-order chi connectivity index (χ0) is 27.2. The van der Waals surface area contributed by atoms with Crippen molar-refractivity contribution in [2.75, 3.05) is 77.3 Å². The first-order valence-electron chi connectivity index (χ1n) is 13.0. The number of amides is 3. The van der Waals surface area contributed by atoms with Gasteiger partial charge in [0.2, 0.25) is 0 Å². The van der Waals surface area contributed by atoms with E-state index in [0.717, 1.165) is 54.8 Å². The third kappa shape index (κ3) is 6.93. The van der Waals surface area contributed by atoms with Crippen molar-refractivity contribution in [1.82, 2.24) is 19.8 Å². The third-order valence-corrected chi connectivity index (χ3v) is 7.97. The molecule has 39 heavy (non-hydrogen) atoms. The molecule has 0 saturated carbocycles.